The molecule has 0 bridgehead atoms. The molecule has 0 aliphatic rings. The summed E-state index contributed by atoms with van der Waals surface area (Å²) >= 11 is 6.99. The number of nitrogens with zero attached hydrogens (tertiary/aromatic N) is 1. The van der Waals surface area contributed by atoms with Crippen LogP contribution >= 0.6 is 22.9 Å². The number of esters is 1. The molecule has 0 saturated carbocycles. The van der Waals surface area contributed by atoms with Gasteiger partial charge in [-0.2, -0.15) is 0 Å². The zero-order valence-electron chi connectivity index (χ0n) is 16.8. The van der Waals surface area contributed by atoms with Crippen LogP contribution < -0.4 is 10.6 Å². The summed E-state index contributed by atoms with van der Waals surface area (Å²) in [6.07, 6.45) is 0.424. The second kappa shape index (κ2) is 11.4. The molecule has 0 atom stereocenters. The number of amides is 2. The summed E-state index contributed by atoms with van der Waals surface area (Å²) in [6, 6.07) is 12.3. The topological polar surface area (TPSA) is 97.4 Å². The van der Waals surface area contributed by atoms with Crippen LogP contribution in [0.3, 0.4) is 0 Å². The van der Waals surface area contributed by atoms with Crippen molar-refractivity contribution in [3.63, 3.8) is 0 Å². The lowest BCUT2D eigenvalue weighted by Crippen LogP contribution is -2.25. The van der Waals surface area contributed by atoms with E-state index in [4.69, 9.17) is 16.3 Å². The minimum atomic E-state index is -0.549. The van der Waals surface area contributed by atoms with Gasteiger partial charge in [-0.15, -0.1) is 11.3 Å². The van der Waals surface area contributed by atoms with Crippen molar-refractivity contribution in [3.05, 3.63) is 70.3 Å². The first-order chi connectivity index (χ1) is 15.4. The van der Waals surface area contributed by atoms with Crippen LogP contribution in [-0.4, -0.2) is 35.9 Å². The molecule has 0 unspecified atom stereocenters. The molecular weight excluding hydrogens is 457 g/mol. The third-order valence-electron chi connectivity index (χ3n) is 4.20. The number of carbonyl (C=O) groups is 3. The summed E-state index contributed by atoms with van der Waals surface area (Å²) in [6.45, 7) is -0.157. The van der Waals surface area contributed by atoms with Gasteiger partial charge < -0.3 is 10.1 Å². The van der Waals surface area contributed by atoms with Gasteiger partial charge in [0.1, 0.15) is 5.82 Å². The summed E-state index contributed by atoms with van der Waals surface area (Å²) in [7, 11) is 0. The van der Waals surface area contributed by atoms with E-state index in [1.807, 2.05) is 0 Å². The number of rotatable bonds is 9. The lowest BCUT2D eigenvalue weighted by molar-refractivity contribution is -0.147. The van der Waals surface area contributed by atoms with Crippen LogP contribution in [0.5, 0.6) is 0 Å². The minimum Gasteiger partial charge on any atom is -0.456 e. The van der Waals surface area contributed by atoms with Crippen LogP contribution in [0.2, 0.25) is 5.02 Å². The van der Waals surface area contributed by atoms with Gasteiger partial charge in [-0.1, -0.05) is 11.6 Å². The molecule has 0 saturated heterocycles. The van der Waals surface area contributed by atoms with E-state index in [0.717, 1.165) is 5.56 Å². The first kappa shape index (κ1) is 23.4. The average molecular weight is 476 g/mol. The Kier molecular flexibility index (Phi) is 8.29. The van der Waals surface area contributed by atoms with Crippen molar-refractivity contribution in [2.24, 2.45) is 0 Å². The molecule has 0 fully saturated rings. The monoisotopic (exact) mass is 475 g/mol. The van der Waals surface area contributed by atoms with E-state index in [1.165, 1.54) is 23.5 Å². The van der Waals surface area contributed by atoms with Crippen molar-refractivity contribution in [3.8, 4) is 11.3 Å². The number of anilines is 1. The predicted octanol–water partition coefficient (Wildman–Crippen LogP) is 4.29. The standard InChI is InChI=1S/C22H19ClFN3O4S/c23-16-7-3-15(4-8-16)21(30)25-11-1-2-20(29)31-12-19(28)27-22-26-18(13-32-22)14-5-9-17(24)10-6-14/h3-10,13H,1-2,11-12H2,(H,25,30)(H,26,27,28). The van der Waals surface area contributed by atoms with Crippen molar-refractivity contribution in [2.45, 2.75) is 12.8 Å². The summed E-state index contributed by atoms with van der Waals surface area (Å²) in [5.41, 5.74) is 1.79. The molecule has 3 aromatic rings. The van der Waals surface area contributed by atoms with Gasteiger partial charge in [0.2, 0.25) is 0 Å². The largest absolute Gasteiger partial charge is 0.456 e. The highest BCUT2D eigenvalue weighted by Crippen LogP contribution is 2.24. The molecular formula is C22H19ClFN3O4S. The zero-order chi connectivity index (χ0) is 22.9. The van der Waals surface area contributed by atoms with Gasteiger partial charge in [0.15, 0.2) is 11.7 Å². The molecule has 1 aromatic heterocycles. The molecule has 7 nitrogen and oxygen atoms in total. The molecule has 2 amide bonds. The van der Waals surface area contributed by atoms with Crippen molar-refractivity contribution in [2.75, 3.05) is 18.5 Å². The van der Waals surface area contributed by atoms with E-state index < -0.39 is 18.5 Å². The van der Waals surface area contributed by atoms with Gasteiger partial charge in [0.05, 0.1) is 5.69 Å². The average Bonchev–Trinajstić information content (AvgIpc) is 3.24. The van der Waals surface area contributed by atoms with Gasteiger partial charge >= 0.3 is 5.97 Å². The van der Waals surface area contributed by atoms with E-state index in [-0.39, 0.29) is 24.7 Å². The lowest BCUT2D eigenvalue weighted by atomic mass is 10.2. The van der Waals surface area contributed by atoms with Crippen molar-refractivity contribution < 1.29 is 23.5 Å². The number of hydrogen-bond donors (Lipinski definition) is 2. The fourth-order valence-electron chi connectivity index (χ4n) is 2.60. The maximum Gasteiger partial charge on any atom is 0.306 e. The SMILES string of the molecule is O=C(COC(=O)CCCNC(=O)c1ccc(Cl)cc1)Nc1nc(-c2ccc(F)cc2)cs1. The number of ether oxygens (including phenoxy) is 1. The molecule has 166 valence electrons. The molecule has 0 aliphatic heterocycles. The molecule has 3 rings (SSSR count). The maximum absolute atomic E-state index is 13.0. The third-order valence-corrected chi connectivity index (χ3v) is 5.21. The van der Waals surface area contributed by atoms with Gasteiger partial charge in [-0.25, -0.2) is 9.37 Å². The van der Waals surface area contributed by atoms with Crippen molar-refractivity contribution in [1.29, 1.82) is 0 Å². The van der Waals surface area contributed by atoms with E-state index in [9.17, 15) is 18.8 Å². The Balaban J connectivity index is 1.33. The Morgan fingerprint density at radius 1 is 1.06 bits per heavy atom. The van der Waals surface area contributed by atoms with Crippen LogP contribution in [-0.2, 0) is 14.3 Å². The smallest absolute Gasteiger partial charge is 0.306 e. The summed E-state index contributed by atoms with van der Waals surface area (Å²) in [5, 5.41) is 7.86. The van der Waals surface area contributed by atoms with Gasteiger partial charge in [0, 0.05) is 34.5 Å². The van der Waals surface area contributed by atoms with E-state index in [2.05, 4.69) is 15.6 Å². The molecule has 0 spiro atoms. The highest BCUT2D eigenvalue weighted by atomic mass is 35.5. The Bertz CT molecular complexity index is 1090. The summed E-state index contributed by atoms with van der Waals surface area (Å²) < 4.78 is 17.9. The predicted molar refractivity (Wildman–Crippen MR) is 120 cm³/mol. The molecule has 10 heteroatoms. The molecule has 0 aliphatic carbocycles. The fraction of sp³-hybridized carbons (Fsp3) is 0.182. The normalized spacial score (nSPS) is 10.4. The summed E-state index contributed by atoms with van der Waals surface area (Å²) in [5.74, 6) is -1.68. The van der Waals surface area contributed by atoms with E-state index >= 15 is 0 Å². The van der Waals surface area contributed by atoms with Gasteiger partial charge in [-0.3, -0.25) is 19.7 Å². The number of thiazole rings is 1. The maximum atomic E-state index is 13.0. The zero-order valence-corrected chi connectivity index (χ0v) is 18.3. The number of nitrogens with one attached hydrogen (secondary N) is 2. The molecule has 2 N–H and O–H groups in total. The van der Waals surface area contributed by atoms with Gasteiger partial charge in [-0.05, 0) is 55.0 Å². The fourth-order valence-corrected chi connectivity index (χ4v) is 3.46. The molecule has 2 aromatic carbocycles. The van der Waals surface area contributed by atoms with Crippen LogP contribution in [0, 0.1) is 5.82 Å². The Hall–Kier alpha value is -3.30. The Morgan fingerprint density at radius 3 is 2.50 bits per heavy atom. The Morgan fingerprint density at radius 2 is 1.78 bits per heavy atom. The number of hydrogen-bond acceptors (Lipinski definition) is 6. The van der Waals surface area contributed by atoms with E-state index in [1.54, 1.807) is 41.8 Å². The lowest BCUT2D eigenvalue weighted by Gasteiger charge is -2.06. The first-order valence-corrected chi connectivity index (χ1v) is 10.9. The van der Waals surface area contributed by atoms with Crippen LogP contribution in [0.1, 0.15) is 23.2 Å². The second-order valence-corrected chi connectivity index (χ2v) is 7.91. The molecule has 0 radical (unpaired) electrons. The highest BCUT2D eigenvalue weighted by Gasteiger charge is 2.11. The molecule has 1 heterocycles. The van der Waals surface area contributed by atoms with E-state index in [0.29, 0.717) is 27.8 Å². The third kappa shape index (κ3) is 7.14. The van der Waals surface area contributed by atoms with Crippen LogP contribution in [0.25, 0.3) is 11.3 Å². The number of halogens is 2. The van der Waals surface area contributed by atoms with Crippen LogP contribution in [0.15, 0.2) is 53.9 Å². The Labute approximate surface area is 192 Å². The van der Waals surface area contributed by atoms with Gasteiger partial charge in [0.25, 0.3) is 11.8 Å². The number of benzene rings is 2. The quantitative estimate of drug-likeness (QED) is 0.355. The highest BCUT2D eigenvalue weighted by molar-refractivity contribution is 7.14. The first-order valence-electron chi connectivity index (χ1n) is 9.61. The minimum absolute atomic E-state index is 0.0557. The summed E-state index contributed by atoms with van der Waals surface area (Å²) in [4.78, 5) is 40.0. The number of aromatic nitrogens is 1. The van der Waals surface area contributed by atoms with Crippen LogP contribution in [0.4, 0.5) is 9.52 Å². The van der Waals surface area contributed by atoms with Crippen molar-refractivity contribution in [1.82, 2.24) is 10.3 Å². The van der Waals surface area contributed by atoms with Crippen molar-refractivity contribution >= 4 is 45.9 Å². The molecule has 32 heavy (non-hydrogen) atoms. The second-order valence-electron chi connectivity index (χ2n) is 6.62. The number of carbonyl (C=O) groups excluding carboxylic acids is 3.